The smallest absolute Gasteiger partial charge is 0.282 e. The van der Waals surface area contributed by atoms with Gasteiger partial charge in [0.2, 0.25) is 0 Å². The molecule has 0 bridgehead atoms. The van der Waals surface area contributed by atoms with Crippen LogP contribution >= 0.6 is 11.3 Å². The Kier molecular flexibility index (Phi) is 2.78. The molecule has 0 saturated carbocycles. The molecule has 1 heterocycles. The van der Waals surface area contributed by atoms with Crippen molar-refractivity contribution < 1.29 is 4.74 Å². The zero-order chi connectivity index (χ0) is 12.4. The summed E-state index contributed by atoms with van der Waals surface area (Å²) in [6, 6.07) is 15.2. The summed E-state index contributed by atoms with van der Waals surface area (Å²) in [7, 11) is 0. The van der Waals surface area contributed by atoms with Gasteiger partial charge in [-0.2, -0.15) is 4.98 Å². The van der Waals surface area contributed by atoms with Crippen molar-refractivity contribution in [2.75, 3.05) is 0 Å². The van der Waals surface area contributed by atoms with Crippen LogP contribution < -0.4 is 10.3 Å². The molecular formula is C14H9NO2S. The molecule has 18 heavy (non-hydrogen) atoms. The van der Waals surface area contributed by atoms with Crippen molar-refractivity contribution >= 4 is 22.1 Å². The number of nitrogens with zero attached hydrogens (tertiary/aromatic N) is 1. The van der Waals surface area contributed by atoms with Crippen molar-refractivity contribution in [3.8, 4) is 10.9 Å². The van der Waals surface area contributed by atoms with E-state index in [1.165, 1.54) is 17.4 Å². The van der Waals surface area contributed by atoms with Gasteiger partial charge >= 0.3 is 0 Å². The molecular weight excluding hydrogens is 246 g/mol. The lowest BCUT2D eigenvalue weighted by Gasteiger charge is -2.06. The van der Waals surface area contributed by atoms with Crippen LogP contribution in [0.15, 0.2) is 58.7 Å². The van der Waals surface area contributed by atoms with Gasteiger partial charge in [0, 0.05) is 16.8 Å². The lowest BCUT2D eigenvalue weighted by molar-refractivity contribution is 0.481. The Morgan fingerprint density at radius 1 is 1.00 bits per heavy atom. The van der Waals surface area contributed by atoms with Crippen molar-refractivity contribution in [3.63, 3.8) is 0 Å². The molecule has 0 amide bonds. The molecule has 0 aliphatic rings. The van der Waals surface area contributed by atoms with E-state index in [2.05, 4.69) is 4.98 Å². The second-order valence-corrected chi connectivity index (χ2v) is 4.57. The Balaban J connectivity index is 2.07. The van der Waals surface area contributed by atoms with E-state index in [-0.39, 0.29) is 5.56 Å². The fourth-order valence-electron chi connectivity index (χ4n) is 1.73. The van der Waals surface area contributed by atoms with Crippen molar-refractivity contribution in [2.24, 2.45) is 0 Å². The van der Waals surface area contributed by atoms with Crippen molar-refractivity contribution in [1.29, 1.82) is 0 Å². The molecule has 3 rings (SSSR count). The third-order valence-electron chi connectivity index (χ3n) is 2.53. The molecule has 0 aliphatic heterocycles. The van der Waals surface area contributed by atoms with Crippen LogP contribution in [-0.4, -0.2) is 4.98 Å². The Bertz CT molecular complexity index is 746. The number of hydrogen-bond acceptors (Lipinski definition) is 4. The van der Waals surface area contributed by atoms with Crippen LogP contribution in [0.3, 0.4) is 0 Å². The van der Waals surface area contributed by atoms with Gasteiger partial charge in [0.15, 0.2) is 0 Å². The Morgan fingerprint density at radius 3 is 2.72 bits per heavy atom. The first kappa shape index (κ1) is 10.9. The Hall–Kier alpha value is -2.20. The fraction of sp³-hybridized carbons (Fsp3) is 0. The van der Waals surface area contributed by atoms with E-state index >= 15 is 0 Å². The highest BCUT2D eigenvalue weighted by Gasteiger charge is 2.04. The number of hydrogen-bond donors (Lipinski definition) is 0. The summed E-state index contributed by atoms with van der Waals surface area (Å²) >= 11 is 1.30. The van der Waals surface area contributed by atoms with Gasteiger partial charge in [0.1, 0.15) is 5.75 Å². The monoisotopic (exact) mass is 255 g/mol. The van der Waals surface area contributed by atoms with E-state index in [9.17, 15) is 4.79 Å². The minimum absolute atomic E-state index is 0.288. The van der Waals surface area contributed by atoms with Gasteiger partial charge in [-0.3, -0.25) is 4.79 Å². The second-order valence-electron chi connectivity index (χ2n) is 3.72. The summed E-state index contributed by atoms with van der Waals surface area (Å²) in [5.41, 5.74) is -0.288. The zero-order valence-electron chi connectivity index (χ0n) is 9.37. The first-order valence-electron chi connectivity index (χ1n) is 5.44. The number of fused-ring (bicyclic) bond motifs is 1. The van der Waals surface area contributed by atoms with Crippen LogP contribution in [0.25, 0.3) is 10.8 Å². The largest absolute Gasteiger partial charge is 0.430 e. The van der Waals surface area contributed by atoms with Gasteiger partial charge in [0.25, 0.3) is 10.8 Å². The van der Waals surface area contributed by atoms with Crippen LogP contribution in [0, 0.1) is 0 Å². The molecule has 0 saturated heterocycles. The van der Waals surface area contributed by atoms with Gasteiger partial charge in [-0.05, 0) is 11.5 Å². The molecule has 88 valence electrons. The maximum Gasteiger partial charge on any atom is 0.282 e. The maximum atomic E-state index is 11.2. The molecule has 3 nitrogen and oxygen atoms in total. The quantitative estimate of drug-likeness (QED) is 0.704. The Labute approximate surface area is 107 Å². The maximum absolute atomic E-state index is 11.2. The summed E-state index contributed by atoms with van der Waals surface area (Å²) in [4.78, 5) is 15.0. The Morgan fingerprint density at radius 2 is 1.83 bits per heavy atom. The minimum atomic E-state index is -0.288. The normalized spacial score (nSPS) is 10.4. The molecule has 0 spiro atoms. The summed E-state index contributed by atoms with van der Waals surface area (Å²) in [6.07, 6.45) is 0. The molecule has 0 aliphatic carbocycles. The van der Waals surface area contributed by atoms with Gasteiger partial charge < -0.3 is 4.74 Å². The number of aromatic nitrogens is 1. The predicted octanol–water partition coefficient (Wildman–Crippen LogP) is 3.45. The summed E-state index contributed by atoms with van der Waals surface area (Å²) in [6.45, 7) is 0. The number of ether oxygens (including phenoxy) is 1. The highest BCUT2D eigenvalue weighted by atomic mass is 32.1. The first-order valence-corrected chi connectivity index (χ1v) is 6.32. The molecule has 2 aromatic carbocycles. The number of rotatable bonds is 2. The highest BCUT2D eigenvalue weighted by molar-refractivity contribution is 7.11. The van der Waals surface area contributed by atoms with Crippen LogP contribution in [0.4, 0.5) is 0 Å². The van der Waals surface area contributed by atoms with Crippen molar-refractivity contribution in [3.05, 3.63) is 64.3 Å². The molecule has 1 aromatic heterocycles. The highest BCUT2D eigenvalue weighted by Crippen LogP contribution is 2.29. The molecule has 4 heteroatoms. The molecule has 0 fully saturated rings. The minimum Gasteiger partial charge on any atom is -0.430 e. The fourth-order valence-corrected chi connectivity index (χ4v) is 2.31. The zero-order valence-corrected chi connectivity index (χ0v) is 10.2. The van der Waals surface area contributed by atoms with E-state index in [1.807, 2.05) is 42.5 Å². The van der Waals surface area contributed by atoms with Crippen LogP contribution in [0.5, 0.6) is 10.9 Å². The summed E-state index contributed by atoms with van der Waals surface area (Å²) in [5, 5.41) is 4.14. The van der Waals surface area contributed by atoms with Gasteiger partial charge in [0.05, 0.1) is 0 Å². The van der Waals surface area contributed by atoms with Crippen LogP contribution in [0.1, 0.15) is 0 Å². The lowest BCUT2D eigenvalue weighted by Crippen LogP contribution is -2.02. The average Bonchev–Trinajstić information content (AvgIpc) is 2.39. The predicted molar refractivity (Wildman–Crippen MR) is 72.4 cm³/mol. The molecule has 0 atom stereocenters. The summed E-state index contributed by atoms with van der Waals surface area (Å²) < 4.78 is 5.68. The molecule has 0 N–H and O–H groups in total. The van der Waals surface area contributed by atoms with Crippen molar-refractivity contribution in [1.82, 2.24) is 4.98 Å². The van der Waals surface area contributed by atoms with E-state index < -0.39 is 0 Å². The third kappa shape index (κ3) is 2.10. The van der Waals surface area contributed by atoms with E-state index in [0.29, 0.717) is 10.9 Å². The van der Waals surface area contributed by atoms with Crippen molar-refractivity contribution in [2.45, 2.75) is 0 Å². The first-order chi connectivity index (χ1) is 8.83. The second kappa shape index (κ2) is 4.58. The van der Waals surface area contributed by atoms with Gasteiger partial charge in [-0.25, -0.2) is 0 Å². The molecule has 3 aromatic rings. The molecule has 0 radical (unpaired) electrons. The van der Waals surface area contributed by atoms with Crippen LogP contribution in [0.2, 0.25) is 0 Å². The topological polar surface area (TPSA) is 39.2 Å². The van der Waals surface area contributed by atoms with Gasteiger partial charge in [-0.1, -0.05) is 47.7 Å². The van der Waals surface area contributed by atoms with Crippen LogP contribution in [-0.2, 0) is 0 Å². The third-order valence-corrected chi connectivity index (χ3v) is 3.18. The summed E-state index contributed by atoms with van der Waals surface area (Å²) in [5.74, 6) is 0.711. The molecule has 0 unspecified atom stereocenters. The van der Waals surface area contributed by atoms with Gasteiger partial charge in [-0.15, -0.1) is 0 Å². The average molecular weight is 255 g/mol. The number of benzene rings is 2. The van der Waals surface area contributed by atoms with E-state index in [1.54, 1.807) is 5.38 Å². The lowest BCUT2D eigenvalue weighted by atomic mass is 10.1. The van der Waals surface area contributed by atoms with E-state index in [4.69, 9.17) is 4.74 Å². The van der Waals surface area contributed by atoms with E-state index in [0.717, 1.165) is 10.8 Å². The standard InChI is InChI=1S/C14H9NO2S/c16-13-8-9-18-14(15-13)17-12-7-3-5-10-4-1-2-6-11(10)12/h1-9H. The SMILES string of the molecule is O=c1ccsc(Oc2cccc3ccccc23)n1.